The Morgan fingerprint density at radius 1 is 1.04 bits per heavy atom. The van der Waals surface area contributed by atoms with Gasteiger partial charge in [0.05, 0.1) is 12.6 Å². The van der Waals surface area contributed by atoms with Crippen LogP contribution in [-0.2, 0) is 11.2 Å². The van der Waals surface area contributed by atoms with Crippen molar-refractivity contribution >= 4 is 17.2 Å². The van der Waals surface area contributed by atoms with E-state index in [0.29, 0.717) is 0 Å². The fraction of sp³-hybridized carbons (Fsp3) is 0.762. The first-order valence-electron chi connectivity index (χ1n) is 10.2. The average molecular weight is 384 g/mol. The third-order valence-corrected chi connectivity index (χ3v) is 5.93. The first-order chi connectivity index (χ1) is 12.6. The number of rotatable bonds is 15. The Kier molecular flexibility index (Phi) is 12.6. The van der Waals surface area contributed by atoms with Gasteiger partial charge in [-0.25, -0.2) is 0 Å². The molecule has 0 aliphatic carbocycles. The molecule has 5 heteroatoms. The van der Waals surface area contributed by atoms with Crippen molar-refractivity contribution in [3.05, 3.63) is 21.9 Å². The topological polar surface area (TPSA) is 69.6 Å². The van der Waals surface area contributed by atoms with Crippen molar-refractivity contribution in [3.63, 3.8) is 0 Å². The molecule has 3 N–H and O–H groups in total. The van der Waals surface area contributed by atoms with Crippen molar-refractivity contribution in [2.24, 2.45) is 0 Å². The largest absolute Gasteiger partial charge is 0.394 e. The highest BCUT2D eigenvalue weighted by molar-refractivity contribution is 7.12. The summed E-state index contributed by atoms with van der Waals surface area (Å²) in [5.41, 5.74) is 0. The Morgan fingerprint density at radius 3 is 2.15 bits per heavy atom. The van der Waals surface area contributed by atoms with Crippen molar-refractivity contribution in [3.8, 4) is 0 Å². The molecule has 1 rings (SSSR count). The van der Waals surface area contributed by atoms with Crippen LogP contribution >= 0.6 is 11.3 Å². The molecule has 1 aromatic rings. The average Bonchev–Trinajstić information content (AvgIpc) is 3.09. The summed E-state index contributed by atoms with van der Waals surface area (Å²) in [6, 6.07) is 3.32. The number of hydrogen-bond acceptors (Lipinski definition) is 4. The third kappa shape index (κ3) is 9.70. The lowest BCUT2D eigenvalue weighted by molar-refractivity contribution is -0.121. The van der Waals surface area contributed by atoms with Gasteiger partial charge in [0.2, 0.25) is 5.91 Å². The molecule has 2 unspecified atom stereocenters. The standard InChI is InChI=1S/C21H37NO3S/c1-3-4-5-6-7-8-9-10-11-12-13-18-14-15-20(26-18)21(25)19(16-23)22-17(2)24/h14-15,19,21,23,25H,3-13,16H2,1-2H3,(H,22,24). The van der Waals surface area contributed by atoms with Gasteiger partial charge in [-0.05, 0) is 25.0 Å². The monoisotopic (exact) mass is 383 g/mol. The van der Waals surface area contributed by atoms with E-state index in [2.05, 4.69) is 18.3 Å². The highest BCUT2D eigenvalue weighted by Gasteiger charge is 2.22. The van der Waals surface area contributed by atoms with E-state index in [9.17, 15) is 15.0 Å². The highest BCUT2D eigenvalue weighted by atomic mass is 32.1. The predicted molar refractivity (Wildman–Crippen MR) is 110 cm³/mol. The molecule has 26 heavy (non-hydrogen) atoms. The first-order valence-corrected chi connectivity index (χ1v) is 11.0. The molecular weight excluding hydrogens is 346 g/mol. The van der Waals surface area contributed by atoms with E-state index in [1.54, 1.807) is 11.3 Å². The molecule has 4 nitrogen and oxygen atoms in total. The van der Waals surface area contributed by atoms with E-state index in [1.165, 1.54) is 76.0 Å². The van der Waals surface area contributed by atoms with E-state index >= 15 is 0 Å². The minimum Gasteiger partial charge on any atom is -0.394 e. The molecule has 2 atom stereocenters. The van der Waals surface area contributed by atoms with Gasteiger partial charge in [0, 0.05) is 16.7 Å². The molecule has 150 valence electrons. The number of nitrogens with one attached hydrogen (secondary N) is 1. The number of thiophene rings is 1. The summed E-state index contributed by atoms with van der Waals surface area (Å²) in [6.07, 6.45) is 13.5. The number of carbonyl (C=O) groups is 1. The summed E-state index contributed by atoms with van der Waals surface area (Å²) < 4.78 is 0. The minimum atomic E-state index is -0.852. The van der Waals surface area contributed by atoms with E-state index < -0.39 is 12.1 Å². The lowest BCUT2D eigenvalue weighted by Gasteiger charge is -2.20. The Hall–Kier alpha value is -0.910. The van der Waals surface area contributed by atoms with Crippen molar-refractivity contribution < 1.29 is 15.0 Å². The van der Waals surface area contributed by atoms with Gasteiger partial charge in [-0.15, -0.1) is 11.3 Å². The molecule has 0 saturated heterocycles. The second-order valence-corrected chi connectivity index (χ2v) is 8.37. The van der Waals surface area contributed by atoms with E-state index in [-0.39, 0.29) is 12.5 Å². The molecule has 0 fully saturated rings. The smallest absolute Gasteiger partial charge is 0.217 e. The maximum absolute atomic E-state index is 11.1. The van der Waals surface area contributed by atoms with Crippen LogP contribution in [0.2, 0.25) is 0 Å². The normalized spacial score (nSPS) is 13.5. The minimum absolute atomic E-state index is 0.245. The van der Waals surface area contributed by atoms with Gasteiger partial charge in [0.25, 0.3) is 0 Å². The van der Waals surface area contributed by atoms with Gasteiger partial charge in [0.15, 0.2) is 0 Å². The van der Waals surface area contributed by atoms with Crippen LogP contribution in [0.4, 0.5) is 0 Å². The summed E-state index contributed by atoms with van der Waals surface area (Å²) >= 11 is 1.58. The zero-order valence-corrected chi connectivity index (χ0v) is 17.3. The molecule has 0 aromatic carbocycles. The maximum atomic E-state index is 11.1. The SMILES string of the molecule is CCCCCCCCCCCCc1ccc(C(O)C(CO)NC(C)=O)s1. The van der Waals surface area contributed by atoms with Gasteiger partial charge in [-0.3, -0.25) is 4.79 Å². The second-order valence-electron chi connectivity index (χ2n) is 7.17. The molecule has 0 saturated carbocycles. The summed E-state index contributed by atoms with van der Waals surface area (Å²) in [5, 5.41) is 22.3. The van der Waals surface area contributed by atoms with Crippen LogP contribution in [0.25, 0.3) is 0 Å². The Labute approximate surface area is 163 Å². The number of aliphatic hydroxyl groups is 2. The predicted octanol–water partition coefficient (Wildman–Crippen LogP) is 4.74. The summed E-state index contributed by atoms with van der Waals surface area (Å²) in [4.78, 5) is 13.2. The van der Waals surface area contributed by atoms with Gasteiger partial charge in [0.1, 0.15) is 6.10 Å². The highest BCUT2D eigenvalue weighted by Crippen LogP contribution is 2.27. The van der Waals surface area contributed by atoms with E-state index in [4.69, 9.17) is 0 Å². The van der Waals surface area contributed by atoms with Crippen LogP contribution in [0.15, 0.2) is 12.1 Å². The zero-order valence-electron chi connectivity index (χ0n) is 16.5. The zero-order chi connectivity index (χ0) is 19.2. The third-order valence-electron chi connectivity index (χ3n) is 4.72. The Balaban J connectivity index is 2.18. The van der Waals surface area contributed by atoms with Crippen molar-refractivity contribution in [2.45, 2.75) is 96.6 Å². The number of hydrogen-bond donors (Lipinski definition) is 3. The summed E-state index contributed by atoms with van der Waals surface area (Å²) in [7, 11) is 0. The lowest BCUT2D eigenvalue weighted by Crippen LogP contribution is -2.40. The number of amides is 1. The fourth-order valence-electron chi connectivity index (χ4n) is 3.16. The molecule has 1 aromatic heterocycles. The van der Waals surface area contributed by atoms with Gasteiger partial charge in [-0.2, -0.15) is 0 Å². The van der Waals surface area contributed by atoms with Crippen molar-refractivity contribution in [1.82, 2.24) is 5.32 Å². The van der Waals surface area contributed by atoms with Crippen LogP contribution in [0.3, 0.4) is 0 Å². The number of unbranched alkanes of at least 4 members (excludes halogenated alkanes) is 9. The molecule has 0 aliphatic rings. The molecule has 1 amide bonds. The maximum Gasteiger partial charge on any atom is 0.217 e. The quantitative estimate of drug-likeness (QED) is 0.383. The van der Waals surface area contributed by atoms with E-state index in [1.807, 2.05) is 6.07 Å². The van der Waals surface area contributed by atoms with Gasteiger partial charge in [-0.1, -0.05) is 64.7 Å². The molecule has 0 aliphatic heterocycles. The van der Waals surface area contributed by atoms with Gasteiger partial charge >= 0.3 is 0 Å². The fourth-order valence-corrected chi connectivity index (χ4v) is 4.26. The second kappa shape index (κ2) is 14.2. The number of aliphatic hydroxyl groups excluding tert-OH is 2. The summed E-state index contributed by atoms with van der Waals surface area (Å²) in [6.45, 7) is 3.37. The van der Waals surface area contributed by atoms with Crippen LogP contribution < -0.4 is 5.32 Å². The number of carbonyl (C=O) groups excluding carboxylic acids is 1. The van der Waals surface area contributed by atoms with E-state index in [0.717, 1.165) is 11.3 Å². The molecular formula is C21H37NO3S. The van der Waals surface area contributed by atoms with Crippen LogP contribution in [0.5, 0.6) is 0 Å². The molecule has 0 bridgehead atoms. The van der Waals surface area contributed by atoms with Crippen LogP contribution in [0.1, 0.15) is 93.9 Å². The van der Waals surface area contributed by atoms with Crippen molar-refractivity contribution in [1.29, 1.82) is 0 Å². The Morgan fingerprint density at radius 2 is 1.62 bits per heavy atom. The molecule has 0 radical (unpaired) electrons. The molecule has 1 heterocycles. The summed E-state index contributed by atoms with van der Waals surface area (Å²) in [5.74, 6) is -0.245. The molecule has 0 spiro atoms. The Bertz CT molecular complexity index is 489. The van der Waals surface area contributed by atoms with Gasteiger partial charge < -0.3 is 15.5 Å². The first kappa shape index (κ1) is 23.1. The van der Waals surface area contributed by atoms with Crippen LogP contribution in [0, 0.1) is 0 Å². The lowest BCUT2D eigenvalue weighted by atomic mass is 10.1. The van der Waals surface area contributed by atoms with Crippen LogP contribution in [-0.4, -0.2) is 28.8 Å². The van der Waals surface area contributed by atoms with Crippen molar-refractivity contribution in [2.75, 3.05) is 6.61 Å². The number of aryl methyl sites for hydroxylation is 1.